The van der Waals surface area contributed by atoms with Gasteiger partial charge in [0.25, 0.3) is 10.1 Å². The van der Waals surface area contributed by atoms with Crippen molar-refractivity contribution in [2.75, 3.05) is 124 Å². The predicted molar refractivity (Wildman–Crippen MR) is 503 cm³/mol. The van der Waals surface area contributed by atoms with E-state index in [-0.39, 0.29) is 218 Å². The summed E-state index contributed by atoms with van der Waals surface area (Å²) in [4.78, 5) is 187. The number of rotatable bonds is 62. The first kappa shape index (κ1) is 130. The predicted octanol–water partition coefficient (Wildman–Crippen LogP) is 13.5. The standard InChI is InChI=1S/C24H43NO8.C18H23NO7.C18H26O8S.C15H27NO6.C13H17NO5.C8H16O3/c1-5-7-16-30-21(27)14-10-12-17-31-20(26)13-9-8-11-18-33-23(29)25-15-19-32-22(28)24(3,4)6-2;1-3-12(2)16(22)19-9-11-26-18(24)14-7-5-4-6-13(14)17(23)25-10-8-15(20)21;1-4-18(2,3)17(20)26-12-11-25-16(19)14-8-5-6-9-15(14)24-10-7-13-27(21,22)23;1-4-15(2,3)13(19)21-11-9-16-14(20)22-10-7-5-6-8-12(17)18;1-3-9(2)13(17)19-8-7-18-11-10(12(15)16)5-4-6-14-11;1-4-8(2,3)7(10)11-6-5-9/h5-19H2,1-4H3,(H,25,29);4-7,12H,3,8-11H2,1-2H3,(H,19,22)(H,20,21);5-6,8-9H,4,7,10-13H2,1-3H3,(H,21,22,23);4-11H2,1-3H3,(H,16,20)(H,17,18);4-6,9H,3,7-8H2,1-2H3,(H,15,16);9H,4-6H2,1-3H3. The van der Waals surface area contributed by atoms with Gasteiger partial charge in [-0.2, -0.15) is 8.42 Å². The van der Waals surface area contributed by atoms with Crippen LogP contribution < -0.4 is 25.4 Å². The van der Waals surface area contributed by atoms with Crippen LogP contribution in [0.1, 0.15) is 294 Å². The van der Waals surface area contributed by atoms with Gasteiger partial charge in [-0.25, -0.2) is 33.8 Å². The summed E-state index contributed by atoms with van der Waals surface area (Å²) in [6.45, 7) is 33.2. The van der Waals surface area contributed by atoms with Crippen molar-refractivity contribution >= 4 is 106 Å². The Morgan fingerprint density at radius 1 is 0.370 bits per heavy atom. The molecule has 0 aliphatic carbocycles. The maximum Gasteiger partial charge on any atom is 0.407 e. The van der Waals surface area contributed by atoms with Gasteiger partial charge in [0.15, 0.2) is 0 Å². The first-order chi connectivity index (χ1) is 65.0. The molecule has 784 valence electrons. The van der Waals surface area contributed by atoms with E-state index in [9.17, 15) is 85.1 Å². The number of ether oxygens (including phenoxy) is 14. The molecular weight excluding hydrogens is 1830 g/mol. The average Bonchev–Trinajstić information content (AvgIpc) is 0.840. The van der Waals surface area contributed by atoms with Crippen molar-refractivity contribution in [2.45, 2.75) is 253 Å². The van der Waals surface area contributed by atoms with Crippen LogP contribution in [0.15, 0.2) is 66.9 Å². The number of nitrogens with one attached hydrogen (secondary N) is 3. The molecule has 0 aliphatic rings. The molecule has 0 fully saturated rings. The second-order valence-electron chi connectivity index (χ2n) is 33.3. The maximum absolute atomic E-state index is 12.2. The van der Waals surface area contributed by atoms with Crippen molar-refractivity contribution in [1.82, 2.24) is 20.9 Å². The number of pyridine rings is 1. The summed E-state index contributed by atoms with van der Waals surface area (Å²) in [6, 6.07) is 15.2. The highest BCUT2D eigenvalue weighted by Gasteiger charge is 2.31. The third-order valence-corrected chi connectivity index (χ3v) is 21.1. The van der Waals surface area contributed by atoms with E-state index in [1.54, 1.807) is 71.9 Å². The zero-order valence-corrected chi connectivity index (χ0v) is 84.3. The number of carbonyl (C=O) groups excluding carboxylic acids is 13. The number of unbranched alkanes of at least 4 members (excludes halogenated alkanes) is 6. The molecule has 1 aromatic heterocycles. The highest BCUT2D eigenvalue weighted by Crippen LogP contribution is 2.26. The first-order valence-electron chi connectivity index (χ1n) is 46.4. The molecule has 0 spiro atoms. The van der Waals surface area contributed by atoms with Gasteiger partial charge in [-0.05, 0) is 195 Å². The van der Waals surface area contributed by atoms with Gasteiger partial charge in [-0.15, -0.1) is 0 Å². The molecule has 0 saturated heterocycles. The van der Waals surface area contributed by atoms with Crippen LogP contribution in [0.25, 0.3) is 0 Å². The minimum atomic E-state index is -4.05. The number of benzene rings is 2. The number of hydrogen-bond acceptors (Lipinski definition) is 34. The molecule has 2 atom stereocenters. The molecule has 3 rings (SSSR count). The SMILES string of the molecule is CCC(C)(C)C(=O)OCCNC(=O)OCCCCCC(=O)O.CCC(C)(C)C(=O)OCCO.CCC(C)(C)C(=O)OCCOC(=O)c1ccccc1OCCCS(=O)(=O)O.CCC(C)C(=O)NCCOC(=O)c1ccccc1C(=O)OCCC(=O)O.CCC(C)C(=O)OCCOc1ncccc1C(=O)O.CCCCOC(=O)CCCCOC(=O)CCCCCOC(=O)NCCOC(=O)C(C)(C)CC. The summed E-state index contributed by atoms with van der Waals surface area (Å²) in [5, 5.41) is 42.0. The Morgan fingerprint density at radius 2 is 0.754 bits per heavy atom. The molecule has 3 amide bonds. The number of para-hydroxylation sites is 1. The molecule has 0 bridgehead atoms. The number of aromatic carboxylic acids is 1. The smallest absolute Gasteiger partial charge is 0.407 e. The fourth-order valence-electron chi connectivity index (χ4n) is 9.35. The quantitative estimate of drug-likeness (QED) is 0.0113. The Morgan fingerprint density at radius 3 is 1.21 bits per heavy atom. The highest BCUT2D eigenvalue weighted by molar-refractivity contribution is 7.85. The van der Waals surface area contributed by atoms with Gasteiger partial charge in [-0.3, -0.25) is 52.5 Å². The van der Waals surface area contributed by atoms with E-state index in [4.69, 9.17) is 91.3 Å². The summed E-state index contributed by atoms with van der Waals surface area (Å²) in [7, 11) is -4.05. The maximum atomic E-state index is 12.2. The van der Waals surface area contributed by atoms with Crippen molar-refractivity contribution in [2.24, 2.45) is 33.5 Å². The lowest BCUT2D eigenvalue weighted by Crippen LogP contribution is -2.32. The first-order valence-corrected chi connectivity index (χ1v) is 48.0. The van der Waals surface area contributed by atoms with Crippen molar-refractivity contribution in [1.29, 1.82) is 0 Å². The third kappa shape index (κ3) is 65.8. The van der Waals surface area contributed by atoms with E-state index in [2.05, 4.69) is 20.9 Å². The zero-order chi connectivity index (χ0) is 105. The molecule has 138 heavy (non-hydrogen) atoms. The molecule has 41 nitrogen and oxygen atoms in total. The topological polar surface area (TPSA) is 587 Å². The van der Waals surface area contributed by atoms with Crippen molar-refractivity contribution in [3.05, 3.63) is 89.1 Å². The number of nitrogens with zero attached hydrogens (tertiary/aromatic N) is 1. The molecule has 8 N–H and O–H groups in total. The zero-order valence-electron chi connectivity index (χ0n) is 83.4. The Kier molecular flexibility index (Phi) is 71.9. The molecule has 2 unspecified atom stereocenters. The number of esters is 10. The van der Waals surface area contributed by atoms with E-state index in [1.807, 2.05) is 76.2 Å². The summed E-state index contributed by atoms with van der Waals surface area (Å²) in [5.74, 6) is -7.69. The second kappa shape index (κ2) is 76.2. The van der Waals surface area contributed by atoms with Crippen LogP contribution in [0.3, 0.4) is 0 Å². The number of carboxylic acids is 3. The van der Waals surface area contributed by atoms with Crippen LogP contribution in [-0.2, 0) is 115 Å². The average molecular weight is 1990 g/mol. The molecule has 2 aromatic carbocycles. The summed E-state index contributed by atoms with van der Waals surface area (Å²) >= 11 is 0. The van der Waals surface area contributed by atoms with Gasteiger partial charge in [-0.1, -0.05) is 93.0 Å². The minimum absolute atomic E-state index is 0.00773. The van der Waals surface area contributed by atoms with Gasteiger partial charge in [0.2, 0.25) is 11.8 Å². The van der Waals surface area contributed by atoms with Crippen LogP contribution in [0.5, 0.6) is 11.6 Å². The van der Waals surface area contributed by atoms with E-state index in [0.29, 0.717) is 103 Å². The number of carboxylic acid groups (broad SMARTS) is 3. The number of aliphatic hydroxyl groups is 1. The van der Waals surface area contributed by atoms with E-state index in [0.717, 1.165) is 25.7 Å². The monoisotopic (exact) mass is 1980 g/mol. The van der Waals surface area contributed by atoms with Crippen molar-refractivity contribution < 1.29 is 176 Å². The van der Waals surface area contributed by atoms with Gasteiger partial charge >= 0.3 is 89.8 Å². The number of aromatic nitrogens is 1. The van der Waals surface area contributed by atoms with Crippen LogP contribution in [0.4, 0.5) is 9.59 Å². The number of aliphatic carboxylic acids is 2. The number of alkyl carbamates (subject to hydrolysis) is 2. The fraction of sp³-hybridized carbons (Fsp3) is 0.656. The minimum Gasteiger partial charge on any atom is -0.493 e. The largest absolute Gasteiger partial charge is 0.493 e. The lowest BCUT2D eigenvalue weighted by molar-refractivity contribution is -0.155. The summed E-state index contributed by atoms with van der Waals surface area (Å²) < 4.78 is 101. The van der Waals surface area contributed by atoms with Gasteiger partial charge in [0.05, 0.1) is 110 Å². The van der Waals surface area contributed by atoms with Crippen LogP contribution in [0, 0.1) is 33.5 Å². The second-order valence-corrected chi connectivity index (χ2v) is 34.8. The Bertz CT molecular complexity index is 4230. The Balaban J connectivity index is -0.00000162. The number of carbonyl (C=O) groups is 16. The van der Waals surface area contributed by atoms with Crippen molar-refractivity contribution in [3.63, 3.8) is 0 Å². The molecule has 0 saturated carbocycles. The van der Waals surface area contributed by atoms with Gasteiger partial charge in [0, 0.05) is 31.4 Å². The lowest BCUT2D eigenvalue weighted by Gasteiger charge is -2.20. The number of aliphatic hydroxyl groups excluding tert-OH is 1. The highest BCUT2D eigenvalue weighted by atomic mass is 32.2. The number of amides is 3. The third-order valence-electron chi connectivity index (χ3n) is 20.3. The molecular formula is C96H152N4O37S. The normalized spacial score (nSPS) is 11.3. The van der Waals surface area contributed by atoms with E-state index < -0.39 is 85.5 Å². The van der Waals surface area contributed by atoms with E-state index in [1.165, 1.54) is 36.5 Å². The molecule has 0 radical (unpaired) electrons. The van der Waals surface area contributed by atoms with E-state index >= 15 is 0 Å². The summed E-state index contributed by atoms with van der Waals surface area (Å²) in [6.07, 6.45) is 12.1. The van der Waals surface area contributed by atoms with Gasteiger partial charge < -0.3 is 103 Å². The number of hydrogen-bond donors (Lipinski definition) is 8. The molecule has 3 aromatic rings. The van der Waals surface area contributed by atoms with Gasteiger partial charge in [0.1, 0.15) is 76.3 Å². The van der Waals surface area contributed by atoms with Crippen LogP contribution in [-0.4, -0.2) is 259 Å². The van der Waals surface area contributed by atoms with Crippen LogP contribution >= 0.6 is 0 Å². The van der Waals surface area contributed by atoms with Crippen molar-refractivity contribution in [3.8, 4) is 11.6 Å². The Hall–Kier alpha value is -11.8. The molecule has 1 heterocycles. The molecule has 42 heteroatoms. The fourth-order valence-corrected chi connectivity index (χ4v) is 9.83. The van der Waals surface area contributed by atoms with Crippen LogP contribution in [0.2, 0.25) is 0 Å². The molecule has 0 aliphatic heterocycles. The lowest BCUT2D eigenvalue weighted by atomic mass is 9.91. The summed E-state index contributed by atoms with van der Waals surface area (Å²) in [5.41, 5.74) is -1.90. The Labute approximate surface area is 810 Å².